The van der Waals surface area contributed by atoms with Crippen LogP contribution in [-0.4, -0.2) is 39.4 Å². The highest BCUT2D eigenvalue weighted by Crippen LogP contribution is 2.19. The van der Waals surface area contributed by atoms with Crippen LogP contribution >= 0.6 is 11.8 Å². The molecule has 0 aliphatic carbocycles. The third-order valence-corrected chi connectivity index (χ3v) is 3.87. The summed E-state index contributed by atoms with van der Waals surface area (Å²) >= 11 is 1.08. The van der Waals surface area contributed by atoms with Crippen molar-refractivity contribution in [3.05, 3.63) is 23.5 Å². The number of aromatic nitrogens is 3. The second kappa shape index (κ2) is 8.47. The molecule has 25 heavy (non-hydrogen) atoms. The van der Waals surface area contributed by atoms with Gasteiger partial charge in [0.2, 0.25) is 11.8 Å². The summed E-state index contributed by atoms with van der Waals surface area (Å²) in [5.41, 5.74) is 6.58. The maximum Gasteiger partial charge on any atom is 0.343 e. The minimum absolute atomic E-state index is 0.00756. The Labute approximate surface area is 148 Å². The van der Waals surface area contributed by atoms with Crippen molar-refractivity contribution >= 4 is 35.3 Å². The molecule has 0 saturated heterocycles. The number of hydrogen-bond donors (Lipinski definition) is 2. The van der Waals surface area contributed by atoms with Gasteiger partial charge in [-0.2, -0.15) is 0 Å². The molecule has 0 saturated carbocycles. The third kappa shape index (κ3) is 5.18. The predicted molar refractivity (Wildman–Crippen MR) is 92.3 cm³/mol. The number of anilines is 2. The largest absolute Gasteiger partial charge is 0.462 e. The smallest absolute Gasteiger partial charge is 0.343 e. The fourth-order valence-electron chi connectivity index (χ4n) is 1.74. The number of carbonyl (C=O) groups is 2. The fraction of sp³-hybridized carbons (Fsp3) is 0.400. The first-order valence-electron chi connectivity index (χ1n) is 7.59. The Balaban J connectivity index is 1.90. The molecule has 2 heterocycles. The molecular weight excluding hydrogens is 346 g/mol. The molecular formula is C15H19N5O4S. The molecule has 3 N–H and O–H groups in total. The van der Waals surface area contributed by atoms with Crippen molar-refractivity contribution in [3.8, 4) is 0 Å². The molecule has 9 nitrogen and oxygen atoms in total. The SMILES string of the molecule is CCOC(=O)c1cnc(SCC(=O)Nc2cc(C(C)C)no2)nc1N. The van der Waals surface area contributed by atoms with E-state index in [0.717, 1.165) is 17.5 Å². The van der Waals surface area contributed by atoms with Gasteiger partial charge in [-0.25, -0.2) is 14.8 Å². The molecule has 1 amide bonds. The summed E-state index contributed by atoms with van der Waals surface area (Å²) in [6.45, 7) is 5.87. The van der Waals surface area contributed by atoms with E-state index in [4.69, 9.17) is 15.0 Å². The number of nitrogens with one attached hydrogen (secondary N) is 1. The number of nitrogen functional groups attached to an aromatic ring is 1. The van der Waals surface area contributed by atoms with Gasteiger partial charge >= 0.3 is 5.97 Å². The van der Waals surface area contributed by atoms with Gasteiger partial charge in [-0.15, -0.1) is 0 Å². The Morgan fingerprint density at radius 2 is 2.20 bits per heavy atom. The van der Waals surface area contributed by atoms with E-state index < -0.39 is 5.97 Å². The van der Waals surface area contributed by atoms with Gasteiger partial charge in [0.25, 0.3) is 0 Å². The molecule has 0 radical (unpaired) electrons. The topological polar surface area (TPSA) is 133 Å². The van der Waals surface area contributed by atoms with E-state index in [1.165, 1.54) is 6.20 Å². The fourth-order valence-corrected chi connectivity index (χ4v) is 2.36. The molecule has 0 spiro atoms. The lowest BCUT2D eigenvalue weighted by Crippen LogP contribution is -2.14. The molecule has 2 rings (SSSR count). The van der Waals surface area contributed by atoms with Crippen LogP contribution in [0.4, 0.5) is 11.7 Å². The monoisotopic (exact) mass is 365 g/mol. The van der Waals surface area contributed by atoms with Crippen molar-refractivity contribution in [2.24, 2.45) is 0 Å². The average molecular weight is 365 g/mol. The van der Waals surface area contributed by atoms with Crippen LogP contribution in [-0.2, 0) is 9.53 Å². The lowest BCUT2D eigenvalue weighted by molar-refractivity contribution is -0.113. The quantitative estimate of drug-likeness (QED) is 0.429. The van der Waals surface area contributed by atoms with Gasteiger partial charge in [0.05, 0.1) is 18.1 Å². The van der Waals surface area contributed by atoms with Crippen LogP contribution in [0.25, 0.3) is 0 Å². The molecule has 0 atom stereocenters. The minimum atomic E-state index is -0.583. The summed E-state index contributed by atoms with van der Waals surface area (Å²) < 4.78 is 9.88. The Morgan fingerprint density at radius 1 is 1.44 bits per heavy atom. The first kappa shape index (κ1) is 18.7. The zero-order valence-electron chi connectivity index (χ0n) is 14.1. The summed E-state index contributed by atoms with van der Waals surface area (Å²) in [5.74, 6) is -0.331. The molecule has 0 aliphatic heterocycles. The zero-order valence-corrected chi connectivity index (χ0v) is 14.9. The van der Waals surface area contributed by atoms with Crippen LogP contribution in [0, 0.1) is 0 Å². The summed E-state index contributed by atoms with van der Waals surface area (Å²) in [4.78, 5) is 31.6. The summed E-state index contributed by atoms with van der Waals surface area (Å²) in [5, 5.41) is 6.74. The van der Waals surface area contributed by atoms with Crippen LogP contribution < -0.4 is 11.1 Å². The molecule has 0 bridgehead atoms. The third-order valence-electron chi connectivity index (χ3n) is 3.01. The summed E-state index contributed by atoms with van der Waals surface area (Å²) in [6, 6.07) is 1.68. The Kier molecular flexibility index (Phi) is 6.34. The Hall–Kier alpha value is -2.62. The van der Waals surface area contributed by atoms with E-state index in [-0.39, 0.29) is 46.6 Å². The normalized spacial score (nSPS) is 10.7. The molecule has 0 aliphatic rings. The highest BCUT2D eigenvalue weighted by atomic mass is 32.2. The van der Waals surface area contributed by atoms with Gasteiger partial charge in [0.1, 0.15) is 11.4 Å². The van der Waals surface area contributed by atoms with Crippen LogP contribution in [0.1, 0.15) is 42.7 Å². The van der Waals surface area contributed by atoms with Crippen molar-refractivity contribution in [3.63, 3.8) is 0 Å². The number of hydrogen-bond acceptors (Lipinski definition) is 9. The van der Waals surface area contributed by atoms with Gasteiger partial charge in [-0.1, -0.05) is 30.8 Å². The van der Waals surface area contributed by atoms with Crippen molar-refractivity contribution in [2.75, 3.05) is 23.4 Å². The average Bonchev–Trinajstić information content (AvgIpc) is 3.02. The molecule has 0 fully saturated rings. The predicted octanol–water partition coefficient (Wildman–Crippen LogP) is 2.08. The highest BCUT2D eigenvalue weighted by Gasteiger charge is 2.15. The maximum absolute atomic E-state index is 11.9. The van der Waals surface area contributed by atoms with Gasteiger partial charge in [0, 0.05) is 12.3 Å². The number of esters is 1. The second-order valence-electron chi connectivity index (χ2n) is 5.28. The van der Waals surface area contributed by atoms with E-state index in [1.54, 1.807) is 13.0 Å². The minimum Gasteiger partial charge on any atom is -0.462 e. The molecule has 2 aromatic rings. The zero-order chi connectivity index (χ0) is 18.4. The number of thioether (sulfide) groups is 1. The van der Waals surface area contributed by atoms with Crippen LogP contribution in [0.5, 0.6) is 0 Å². The lowest BCUT2D eigenvalue weighted by atomic mass is 10.1. The summed E-state index contributed by atoms with van der Waals surface area (Å²) in [6.07, 6.45) is 1.28. The van der Waals surface area contributed by atoms with Crippen molar-refractivity contribution < 1.29 is 18.8 Å². The Morgan fingerprint density at radius 3 is 2.80 bits per heavy atom. The molecule has 134 valence electrons. The van der Waals surface area contributed by atoms with Crippen LogP contribution in [0.3, 0.4) is 0 Å². The number of rotatable bonds is 7. The van der Waals surface area contributed by atoms with E-state index >= 15 is 0 Å². The van der Waals surface area contributed by atoms with Crippen molar-refractivity contribution in [1.82, 2.24) is 15.1 Å². The van der Waals surface area contributed by atoms with Gasteiger partial charge in [-0.3, -0.25) is 10.1 Å². The van der Waals surface area contributed by atoms with E-state index in [9.17, 15) is 9.59 Å². The molecule has 10 heteroatoms. The number of amides is 1. The van der Waals surface area contributed by atoms with E-state index in [1.807, 2.05) is 13.8 Å². The second-order valence-corrected chi connectivity index (χ2v) is 6.22. The number of ether oxygens (including phenoxy) is 1. The van der Waals surface area contributed by atoms with Crippen LogP contribution in [0.15, 0.2) is 21.9 Å². The van der Waals surface area contributed by atoms with Crippen molar-refractivity contribution in [1.29, 1.82) is 0 Å². The number of nitrogens with two attached hydrogens (primary N) is 1. The lowest BCUT2D eigenvalue weighted by Gasteiger charge is -2.05. The summed E-state index contributed by atoms with van der Waals surface area (Å²) in [7, 11) is 0. The first-order valence-corrected chi connectivity index (χ1v) is 8.58. The van der Waals surface area contributed by atoms with Gasteiger partial charge in [-0.05, 0) is 12.8 Å². The van der Waals surface area contributed by atoms with Gasteiger partial charge < -0.3 is 15.0 Å². The number of carbonyl (C=O) groups excluding carboxylic acids is 2. The first-order chi connectivity index (χ1) is 11.9. The maximum atomic E-state index is 11.9. The number of nitrogens with zero attached hydrogens (tertiary/aromatic N) is 3. The van der Waals surface area contributed by atoms with Crippen LogP contribution in [0.2, 0.25) is 0 Å². The molecule has 2 aromatic heterocycles. The van der Waals surface area contributed by atoms with E-state index in [0.29, 0.717) is 0 Å². The van der Waals surface area contributed by atoms with Crippen molar-refractivity contribution in [2.45, 2.75) is 31.8 Å². The highest BCUT2D eigenvalue weighted by molar-refractivity contribution is 7.99. The standard InChI is InChI=1S/C15H19N5O4S/c1-4-23-14(22)9-6-17-15(19-13(9)16)25-7-11(21)18-12-5-10(8(2)3)20-24-12/h5-6,8H,4,7H2,1-3H3,(H,18,21)(H2,16,17,19). The van der Waals surface area contributed by atoms with E-state index in [2.05, 4.69) is 20.4 Å². The Bertz CT molecular complexity index is 762. The van der Waals surface area contributed by atoms with Gasteiger partial charge in [0.15, 0.2) is 5.16 Å². The molecule has 0 unspecified atom stereocenters. The molecule has 0 aromatic carbocycles.